The van der Waals surface area contributed by atoms with Gasteiger partial charge in [0.2, 0.25) is 5.95 Å². The Morgan fingerprint density at radius 3 is 2.44 bits per heavy atom. The predicted molar refractivity (Wildman–Crippen MR) is 129 cm³/mol. The molecule has 0 spiro atoms. The number of aromatic nitrogens is 2. The van der Waals surface area contributed by atoms with Gasteiger partial charge in [0.1, 0.15) is 10.2 Å². The summed E-state index contributed by atoms with van der Waals surface area (Å²) in [6, 6.07) is 18.7. The number of carbonyl (C=O) groups is 1. The van der Waals surface area contributed by atoms with Crippen molar-refractivity contribution in [1.29, 1.82) is 0 Å². The van der Waals surface area contributed by atoms with Crippen LogP contribution in [0.3, 0.4) is 0 Å². The SMILES string of the molecule is Nc1nc(N)c(-c2ccc(NC(=O)c3ccsc3Cl)cc2)c(COCc2ccccc2)n1. The van der Waals surface area contributed by atoms with Gasteiger partial charge in [0.15, 0.2) is 0 Å². The van der Waals surface area contributed by atoms with Gasteiger partial charge in [-0.1, -0.05) is 54.1 Å². The molecule has 0 saturated carbocycles. The van der Waals surface area contributed by atoms with Crippen molar-refractivity contribution < 1.29 is 9.53 Å². The van der Waals surface area contributed by atoms with E-state index in [1.165, 1.54) is 11.3 Å². The van der Waals surface area contributed by atoms with E-state index in [1.54, 1.807) is 23.6 Å². The Hall–Kier alpha value is -3.46. The predicted octanol–water partition coefficient (Wildman–Crippen LogP) is 4.99. The first kappa shape index (κ1) is 21.8. The van der Waals surface area contributed by atoms with Crippen molar-refractivity contribution in [3.63, 3.8) is 0 Å². The number of rotatable bonds is 7. The van der Waals surface area contributed by atoms with Crippen LogP contribution in [-0.2, 0) is 18.0 Å². The highest BCUT2D eigenvalue weighted by molar-refractivity contribution is 7.14. The van der Waals surface area contributed by atoms with Gasteiger partial charge in [-0.3, -0.25) is 4.79 Å². The number of halogens is 1. The van der Waals surface area contributed by atoms with Crippen molar-refractivity contribution in [3.05, 3.63) is 87.2 Å². The number of amides is 1. The standard InChI is InChI=1S/C23H20ClN5O2S/c24-20-17(10-11-32-20)22(30)27-16-8-6-15(7-9-16)19-18(28-23(26)29-21(19)25)13-31-12-14-4-2-1-3-5-14/h1-11H,12-13H2,(H,27,30)(H4,25,26,28,29). The van der Waals surface area contributed by atoms with Gasteiger partial charge in [0, 0.05) is 11.3 Å². The van der Waals surface area contributed by atoms with Crippen LogP contribution in [0.1, 0.15) is 21.6 Å². The number of anilines is 3. The van der Waals surface area contributed by atoms with E-state index in [1.807, 2.05) is 42.5 Å². The molecule has 2 aromatic carbocycles. The number of ether oxygens (including phenoxy) is 1. The van der Waals surface area contributed by atoms with Gasteiger partial charge in [-0.25, -0.2) is 4.98 Å². The number of nitrogens with one attached hydrogen (secondary N) is 1. The van der Waals surface area contributed by atoms with Gasteiger partial charge in [0.25, 0.3) is 5.91 Å². The van der Waals surface area contributed by atoms with Crippen LogP contribution in [0.25, 0.3) is 11.1 Å². The number of nitrogens with two attached hydrogens (primary N) is 2. The minimum atomic E-state index is -0.269. The quantitative estimate of drug-likeness (QED) is 0.354. The number of benzene rings is 2. The Morgan fingerprint density at radius 2 is 1.75 bits per heavy atom. The third-order valence-corrected chi connectivity index (χ3v) is 5.84. The smallest absolute Gasteiger partial charge is 0.258 e. The molecular weight excluding hydrogens is 446 g/mol. The number of carbonyl (C=O) groups excluding carboxylic acids is 1. The van der Waals surface area contributed by atoms with Crippen LogP contribution in [-0.4, -0.2) is 15.9 Å². The molecule has 0 fully saturated rings. The summed E-state index contributed by atoms with van der Waals surface area (Å²) >= 11 is 7.35. The first-order valence-electron chi connectivity index (χ1n) is 9.69. The number of thiophene rings is 1. The Labute approximate surface area is 194 Å². The summed E-state index contributed by atoms with van der Waals surface area (Å²) in [5.74, 6) is 0.0769. The molecule has 0 aliphatic heterocycles. The molecule has 162 valence electrons. The molecule has 7 nitrogen and oxygen atoms in total. The Morgan fingerprint density at radius 1 is 1.00 bits per heavy atom. The number of hydrogen-bond acceptors (Lipinski definition) is 7. The summed E-state index contributed by atoms with van der Waals surface area (Å²) in [4.78, 5) is 20.8. The number of nitrogen functional groups attached to an aromatic ring is 2. The second kappa shape index (κ2) is 9.78. The summed E-state index contributed by atoms with van der Waals surface area (Å²) in [6.45, 7) is 0.649. The summed E-state index contributed by atoms with van der Waals surface area (Å²) in [5.41, 5.74) is 16.1. The van der Waals surface area contributed by atoms with Crippen LogP contribution in [0.4, 0.5) is 17.5 Å². The Kier molecular flexibility index (Phi) is 6.65. The van der Waals surface area contributed by atoms with Gasteiger partial charge in [0.05, 0.1) is 24.5 Å². The van der Waals surface area contributed by atoms with Crippen molar-refractivity contribution in [1.82, 2.24) is 9.97 Å². The van der Waals surface area contributed by atoms with E-state index in [2.05, 4.69) is 15.3 Å². The fourth-order valence-electron chi connectivity index (χ4n) is 3.18. The van der Waals surface area contributed by atoms with Gasteiger partial charge in [-0.15, -0.1) is 11.3 Å². The average Bonchev–Trinajstić information content (AvgIpc) is 3.21. The molecule has 5 N–H and O–H groups in total. The average molecular weight is 466 g/mol. The number of hydrogen-bond donors (Lipinski definition) is 3. The second-order valence-corrected chi connectivity index (χ2v) is 8.42. The third kappa shape index (κ3) is 5.05. The normalized spacial score (nSPS) is 10.8. The van der Waals surface area contributed by atoms with E-state index in [0.29, 0.717) is 33.5 Å². The highest BCUT2D eigenvalue weighted by Gasteiger charge is 2.15. The molecule has 4 aromatic rings. The van der Waals surface area contributed by atoms with Crippen LogP contribution >= 0.6 is 22.9 Å². The van der Waals surface area contributed by atoms with Crippen LogP contribution in [0, 0.1) is 0 Å². The highest BCUT2D eigenvalue weighted by Crippen LogP contribution is 2.30. The van der Waals surface area contributed by atoms with Crippen molar-refractivity contribution in [3.8, 4) is 11.1 Å². The summed E-state index contributed by atoms with van der Waals surface area (Å²) < 4.78 is 6.29. The minimum absolute atomic E-state index is 0.0843. The van der Waals surface area contributed by atoms with Crippen molar-refractivity contribution in [2.24, 2.45) is 0 Å². The zero-order chi connectivity index (χ0) is 22.5. The van der Waals surface area contributed by atoms with Crippen LogP contribution < -0.4 is 16.8 Å². The molecule has 32 heavy (non-hydrogen) atoms. The largest absolute Gasteiger partial charge is 0.383 e. The van der Waals surface area contributed by atoms with Crippen molar-refractivity contribution >= 4 is 46.3 Å². The summed E-state index contributed by atoms with van der Waals surface area (Å²) in [6.07, 6.45) is 0. The fourth-order valence-corrected chi connectivity index (χ4v) is 4.09. The summed E-state index contributed by atoms with van der Waals surface area (Å²) in [5, 5.41) is 4.60. The van der Waals surface area contributed by atoms with Crippen molar-refractivity contribution in [2.45, 2.75) is 13.2 Å². The van der Waals surface area contributed by atoms with Crippen LogP contribution in [0.15, 0.2) is 66.0 Å². The lowest BCUT2D eigenvalue weighted by Gasteiger charge is -2.13. The molecule has 0 bridgehead atoms. The maximum atomic E-state index is 12.4. The van der Waals surface area contributed by atoms with Gasteiger partial charge >= 0.3 is 0 Å². The molecule has 4 rings (SSSR count). The van der Waals surface area contributed by atoms with Gasteiger partial charge < -0.3 is 21.5 Å². The lowest BCUT2D eigenvalue weighted by molar-refractivity contribution is 0.102. The van der Waals surface area contributed by atoms with E-state index < -0.39 is 0 Å². The van der Waals surface area contributed by atoms with E-state index >= 15 is 0 Å². The Bertz CT molecular complexity index is 1230. The Balaban J connectivity index is 1.52. The molecule has 9 heteroatoms. The zero-order valence-corrected chi connectivity index (χ0v) is 18.5. The number of nitrogens with zero attached hydrogens (tertiary/aromatic N) is 2. The topological polar surface area (TPSA) is 116 Å². The molecule has 0 saturated heterocycles. The lowest BCUT2D eigenvalue weighted by Crippen LogP contribution is -2.11. The molecule has 0 atom stereocenters. The van der Waals surface area contributed by atoms with Crippen LogP contribution in [0.2, 0.25) is 4.34 Å². The molecule has 0 unspecified atom stereocenters. The third-order valence-electron chi connectivity index (χ3n) is 4.67. The van der Waals surface area contributed by atoms with Gasteiger partial charge in [-0.2, -0.15) is 4.98 Å². The minimum Gasteiger partial charge on any atom is -0.383 e. The molecular formula is C23H20ClN5O2S. The molecule has 1 amide bonds. The van der Waals surface area contributed by atoms with Crippen molar-refractivity contribution in [2.75, 3.05) is 16.8 Å². The molecule has 2 heterocycles. The fraction of sp³-hybridized carbons (Fsp3) is 0.0870. The van der Waals surface area contributed by atoms with Gasteiger partial charge in [-0.05, 0) is 34.7 Å². The van der Waals surface area contributed by atoms with E-state index in [4.69, 9.17) is 27.8 Å². The maximum absolute atomic E-state index is 12.4. The molecule has 0 aliphatic carbocycles. The maximum Gasteiger partial charge on any atom is 0.258 e. The van der Waals surface area contributed by atoms with E-state index in [-0.39, 0.29) is 24.3 Å². The van der Waals surface area contributed by atoms with E-state index in [9.17, 15) is 4.79 Å². The highest BCUT2D eigenvalue weighted by atomic mass is 35.5. The molecule has 0 aliphatic rings. The van der Waals surface area contributed by atoms with E-state index in [0.717, 1.165) is 11.1 Å². The second-order valence-electron chi connectivity index (χ2n) is 6.91. The summed E-state index contributed by atoms with van der Waals surface area (Å²) in [7, 11) is 0. The lowest BCUT2D eigenvalue weighted by atomic mass is 10.0. The zero-order valence-electron chi connectivity index (χ0n) is 16.9. The first-order chi connectivity index (χ1) is 15.5. The molecule has 0 radical (unpaired) electrons. The molecule has 2 aromatic heterocycles. The van der Waals surface area contributed by atoms with Crippen LogP contribution in [0.5, 0.6) is 0 Å². The monoisotopic (exact) mass is 465 g/mol. The first-order valence-corrected chi connectivity index (χ1v) is 11.0.